The Hall–Kier alpha value is -3.65. The summed E-state index contributed by atoms with van der Waals surface area (Å²) in [6, 6.07) is 11.4. The van der Waals surface area contributed by atoms with Crippen LogP contribution in [-0.4, -0.2) is 35.6 Å². The number of nitrogens with two attached hydrogens (primary N) is 1. The summed E-state index contributed by atoms with van der Waals surface area (Å²) in [5.41, 5.74) is 10.8. The summed E-state index contributed by atoms with van der Waals surface area (Å²) >= 11 is 0. The van der Waals surface area contributed by atoms with Gasteiger partial charge in [-0.05, 0) is 55.5 Å². The number of Topliss-reactive ketones (excluding diaryl/α,β-unsaturated/α-hetero) is 1. The van der Waals surface area contributed by atoms with Crippen LogP contribution in [0.5, 0.6) is 0 Å². The first-order valence-electron chi connectivity index (χ1n) is 11.2. The summed E-state index contributed by atoms with van der Waals surface area (Å²) in [6.07, 6.45) is 0. The van der Waals surface area contributed by atoms with Crippen molar-refractivity contribution >= 4 is 17.3 Å². The monoisotopic (exact) mass is 464 g/mol. The number of carbonyl (C=O) groups excluding carboxylic acids is 1. The van der Waals surface area contributed by atoms with E-state index < -0.39 is 11.2 Å². The van der Waals surface area contributed by atoms with E-state index in [1.165, 1.54) is 4.57 Å². The Morgan fingerprint density at radius 2 is 1.79 bits per heavy atom. The predicted molar refractivity (Wildman–Crippen MR) is 135 cm³/mol. The molecule has 8 heteroatoms. The molecule has 2 aromatic carbocycles. The van der Waals surface area contributed by atoms with Crippen molar-refractivity contribution in [3.63, 3.8) is 0 Å². The summed E-state index contributed by atoms with van der Waals surface area (Å²) in [6.45, 7) is 8.66. The van der Waals surface area contributed by atoms with Gasteiger partial charge >= 0.3 is 5.69 Å². The van der Waals surface area contributed by atoms with Gasteiger partial charge in [0, 0.05) is 25.8 Å². The number of anilines is 2. The Labute approximate surface area is 199 Å². The van der Waals surface area contributed by atoms with Crippen LogP contribution < -0.4 is 21.9 Å². The smallest absolute Gasteiger partial charge is 0.330 e. The number of aryl methyl sites for hydroxylation is 2. The molecule has 0 saturated heterocycles. The number of benzene rings is 2. The van der Waals surface area contributed by atoms with Crippen LogP contribution in [0, 0.1) is 20.8 Å². The SMILES string of the molecule is COCCN(Cc1c(C)cc(C)c(C(C)=O)c1C)c1c(N)n(Cc2ccccc2)c(=O)[nH]c1=O. The van der Waals surface area contributed by atoms with Crippen molar-refractivity contribution in [2.45, 2.75) is 40.8 Å². The van der Waals surface area contributed by atoms with Crippen LogP contribution in [0.25, 0.3) is 0 Å². The van der Waals surface area contributed by atoms with E-state index in [-0.39, 0.29) is 23.8 Å². The van der Waals surface area contributed by atoms with Gasteiger partial charge in [-0.3, -0.25) is 19.1 Å². The molecule has 0 unspecified atom stereocenters. The molecule has 3 N–H and O–H groups in total. The minimum absolute atomic E-state index is 0.00605. The van der Waals surface area contributed by atoms with Gasteiger partial charge in [-0.1, -0.05) is 36.4 Å². The van der Waals surface area contributed by atoms with Crippen LogP contribution >= 0.6 is 0 Å². The van der Waals surface area contributed by atoms with Gasteiger partial charge in [0.05, 0.1) is 13.2 Å². The molecule has 0 aliphatic heterocycles. The maximum absolute atomic E-state index is 13.0. The van der Waals surface area contributed by atoms with Crippen molar-refractivity contribution in [3.8, 4) is 0 Å². The first kappa shape index (κ1) is 25.0. The zero-order valence-electron chi connectivity index (χ0n) is 20.4. The van der Waals surface area contributed by atoms with E-state index >= 15 is 0 Å². The number of H-pyrrole nitrogens is 1. The molecular weight excluding hydrogens is 432 g/mol. The number of hydrogen-bond donors (Lipinski definition) is 2. The average molecular weight is 465 g/mol. The standard InChI is InChI=1S/C26H32N4O4/c1-16-13-17(2)22(19(4)31)18(3)21(16)15-29(11-12-34-5)23-24(27)30(26(33)28-25(23)32)14-20-9-7-6-8-10-20/h6-10,13H,11-12,14-15,27H2,1-5H3,(H,28,32,33). The van der Waals surface area contributed by atoms with E-state index in [0.717, 1.165) is 27.8 Å². The highest BCUT2D eigenvalue weighted by Gasteiger charge is 2.22. The molecule has 0 fully saturated rings. The lowest BCUT2D eigenvalue weighted by Crippen LogP contribution is -2.39. The maximum Gasteiger partial charge on any atom is 0.330 e. The molecule has 0 atom stereocenters. The number of carbonyl (C=O) groups is 1. The fourth-order valence-corrected chi connectivity index (χ4v) is 4.48. The molecule has 0 radical (unpaired) electrons. The highest BCUT2D eigenvalue weighted by atomic mass is 16.5. The number of aromatic amines is 1. The third kappa shape index (κ3) is 5.12. The molecule has 3 aromatic rings. The Balaban J connectivity index is 2.13. The maximum atomic E-state index is 13.0. The third-order valence-electron chi connectivity index (χ3n) is 6.11. The van der Waals surface area contributed by atoms with Crippen LogP contribution in [0.4, 0.5) is 11.5 Å². The van der Waals surface area contributed by atoms with Crippen LogP contribution in [0.2, 0.25) is 0 Å². The minimum Gasteiger partial charge on any atom is -0.383 e. The number of hydrogen-bond acceptors (Lipinski definition) is 6. The van der Waals surface area contributed by atoms with Crippen molar-refractivity contribution in [2.24, 2.45) is 0 Å². The van der Waals surface area contributed by atoms with Crippen molar-refractivity contribution in [1.82, 2.24) is 9.55 Å². The normalized spacial score (nSPS) is 11.0. The molecular formula is C26H32N4O4. The first-order valence-corrected chi connectivity index (χ1v) is 11.2. The highest BCUT2D eigenvalue weighted by molar-refractivity contribution is 5.97. The summed E-state index contributed by atoms with van der Waals surface area (Å²) in [5, 5.41) is 0. The van der Waals surface area contributed by atoms with Gasteiger partial charge in [0.15, 0.2) is 5.78 Å². The number of ketones is 1. The first-order chi connectivity index (χ1) is 16.1. The van der Waals surface area contributed by atoms with E-state index in [4.69, 9.17) is 10.5 Å². The minimum atomic E-state index is -0.566. The molecule has 0 bridgehead atoms. The summed E-state index contributed by atoms with van der Waals surface area (Å²) in [4.78, 5) is 42.1. The number of nitrogen functional groups attached to an aromatic ring is 1. The number of aromatic nitrogens is 2. The summed E-state index contributed by atoms with van der Waals surface area (Å²) in [7, 11) is 1.58. The fraction of sp³-hybridized carbons (Fsp3) is 0.346. The van der Waals surface area contributed by atoms with Crippen LogP contribution in [-0.2, 0) is 17.8 Å². The highest BCUT2D eigenvalue weighted by Crippen LogP contribution is 2.27. The number of rotatable bonds is 9. The molecule has 0 spiro atoms. The Bertz CT molecular complexity index is 1310. The Kier molecular flexibility index (Phi) is 7.73. The molecule has 8 nitrogen and oxygen atoms in total. The second-order valence-corrected chi connectivity index (χ2v) is 8.52. The molecule has 3 rings (SSSR count). The van der Waals surface area contributed by atoms with Crippen LogP contribution in [0.15, 0.2) is 46.0 Å². The zero-order chi connectivity index (χ0) is 25.0. The van der Waals surface area contributed by atoms with E-state index in [0.29, 0.717) is 25.3 Å². The quantitative estimate of drug-likeness (QED) is 0.471. The zero-order valence-corrected chi connectivity index (χ0v) is 20.4. The Morgan fingerprint density at radius 3 is 2.41 bits per heavy atom. The Morgan fingerprint density at radius 1 is 1.12 bits per heavy atom. The van der Waals surface area contributed by atoms with E-state index in [1.807, 2.05) is 62.1 Å². The summed E-state index contributed by atoms with van der Waals surface area (Å²) < 4.78 is 6.65. The summed E-state index contributed by atoms with van der Waals surface area (Å²) in [5.74, 6) is 0.0800. The topological polar surface area (TPSA) is 110 Å². The number of nitrogens with one attached hydrogen (secondary N) is 1. The van der Waals surface area contributed by atoms with Gasteiger partial charge in [-0.25, -0.2) is 4.79 Å². The van der Waals surface area contributed by atoms with Crippen LogP contribution in [0.3, 0.4) is 0 Å². The predicted octanol–water partition coefficient (Wildman–Crippen LogP) is 2.95. The molecule has 0 saturated carbocycles. The van der Waals surface area contributed by atoms with Crippen molar-refractivity contribution in [3.05, 3.63) is 90.6 Å². The van der Waals surface area contributed by atoms with E-state index in [9.17, 15) is 14.4 Å². The average Bonchev–Trinajstić information content (AvgIpc) is 2.77. The number of methoxy groups -OCH3 is 1. The lowest BCUT2D eigenvalue weighted by Gasteiger charge is -2.28. The molecule has 0 aliphatic rings. The molecule has 1 heterocycles. The second-order valence-electron chi connectivity index (χ2n) is 8.52. The van der Waals surface area contributed by atoms with Gasteiger partial charge in [0.2, 0.25) is 0 Å². The van der Waals surface area contributed by atoms with Gasteiger partial charge in [-0.2, -0.15) is 0 Å². The van der Waals surface area contributed by atoms with Crippen molar-refractivity contribution in [1.29, 1.82) is 0 Å². The number of nitrogens with zero attached hydrogens (tertiary/aromatic N) is 2. The van der Waals surface area contributed by atoms with Crippen molar-refractivity contribution < 1.29 is 9.53 Å². The molecule has 180 valence electrons. The van der Waals surface area contributed by atoms with Crippen molar-refractivity contribution in [2.75, 3.05) is 30.9 Å². The largest absolute Gasteiger partial charge is 0.383 e. The fourth-order valence-electron chi connectivity index (χ4n) is 4.48. The van der Waals surface area contributed by atoms with E-state index in [2.05, 4.69) is 4.98 Å². The van der Waals surface area contributed by atoms with Gasteiger partial charge < -0.3 is 15.4 Å². The van der Waals surface area contributed by atoms with E-state index in [1.54, 1.807) is 14.0 Å². The van der Waals surface area contributed by atoms with Crippen LogP contribution in [0.1, 0.15) is 45.1 Å². The lowest BCUT2D eigenvalue weighted by atomic mass is 9.91. The van der Waals surface area contributed by atoms with Gasteiger partial charge in [-0.15, -0.1) is 0 Å². The van der Waals surface area contributed by atoms with Gasteiger partial charge in [0.25, 0.3) is 5.56 Å². The molecule has 0 aliphatic carbocycles. The molecule has 0 amide bonds. The van der Waals surface area contributed by atoms with Gasteiger partial charge in [0.1, 0.15) is 11.5 Å². The molecule has 34 heavy (non-hydrogen) atoms. The molecule has 1 aromatic heterocycles. The number of ether oxygens (including phenoxy) is 1. The third-order valence-corrected chi connectivity index (χ3v) is 6.11. The lowest BCUT2D eigenvalue weighted by molar-refractivity contribution is 0.101. The second kappa shape index (κ2) is 10.5.